The third kappa shape index (κ3) is 1.11. The molecule has 4 rings (SSSR count). The fourth-order valence-corrected chi connectivity index (χ4v) is 4.22. The predicted molar refractivity (Wildman–Crippen MR) is 63.0 cm³/mol. The minimum absolute atomic E-state index is 0.210. The maximum Gasteiger partial charge on any atom is 0.258 e. The first-order chi connectivity index (χ1) is 8.63. The zero-order chi connectivity index (χ0) is 12.4. The molecule has 0 bridgehead atoms. The molecule has 0 aromatic heterocycles. The molecule has 0 aromatic carbocycles. The molecule has 2 heterocycles. The number of rotatable bonds is 0. The second kappa shape index (κ2) is 3.26. The van der Waals surface area contributed by atoms with E-state index >= 15 is 0 Å². The fourth-order valence-electron chi connectivity index (χ4n) is 4.22. The second-order valence-corrected chi connectivity index (χ2v) is 6.28. The van der Waals surface area contributed by atoms with E-state index in [1.165, 1.54) is 6.42 Å². The van der Waals surface area contributed by atoms with Gasteiger partial charge in [0.2, 0.25) is 5.72 Å². The Kier molecular flexibility index (Phi) is 2.03. The van der Waals surface area contributed by atoms with Gasteiger partial charge < -0.3 is 10.4 Å². The molecule has 2 saturated heterocycles. The first-order valence-electron chi connectivity index (χ1n) is 7.18. The van der Waals surface area contributed by atoms with Crippen LogP contribution < -0.4 is 5.32 Å². The maximum atomic E-state index is 12.4. The van der Waals surface area contributed by atoms with Crippen molar-refractivity contribution in [2.24, 2.45) is 0 Å². The van der Waals surface area contributed by atoms with E-state index in [1.807, 2.05) is 5.06 Å². The van der Waals surface area contributed by atoms with E-state index in [1.54, 1.807) is 0 Å². The smallest absolute Gasteiger partial charge is 0.258 e. The largest absolute Gasteiger partial charge is 0.376 e. The number of carbonyl (C=O) groups excluding carboxylic acids is 1. The average molecular weight is 252 g/mol. The topological polar surface area (TPSA) is 64.9 Å². The monoisotopic (exact) mass is 252 g/mol. The zero-order valence-electron chi connectivity index (χ0n) is 10.6. The molecule has 3 atom stereocenters. The van der Waals surface area contributed by atoms with Gasteiger partial charge in [-0.25, -0.2) is 0 Å². The summed E-state index contributed by atoms with van der Waals surface area (Å²) in [6, 6.07) is 0. The summed E-state index contributed by atoms with van der Waals surface area (Å²) in [5.41, 5.74) is -2.36. The van der Waals surface area contributed by atoms with Crippen LogP contribution in [0.3, 0.4) is 0 Å². The van der Waals surface area contributed by atoms with E-state index < -0.39 is 11.3 Å². The number of aliphatic hydroxyl groups is 1. The van der Waals surface area contributed by atoms with Crippen LogP contribution in [-0.2, 0) is 9.63 Å². The molecule has 5 nitrogen and oxygen atoms in total. The van der Waals surface area contributed by atoms with Crippen LogP contribution in [0.15, 0.2) is 0 Å². The number of nitrogens with zero attached hydrogens (tertiary/aromatic N) is 1. The Balaban J connectivity index is 1.72. The summed E-state index contributed by atoms with van der Waals surface area (Å²) >= 11 is 0. The number of amides is 1. The standard InChI is InChI=1S/C13H20N2O3/c16-10-12(17)8-4-5-9-13(12)15(18-13)11(14-10)6-2-1-3-7-11/h17H,1-9H2,(H,14,16)/t12-,13+,15?/m1/s1. The van der Waals surface area contributed by atoms with Gasteiger partial charge in [0.1, 0.15) is 5.66 Å². The van der Waals surface area contributed by atoms with Crippen molar-refractivity contribution < 1.29 is 14.7 Å². The number of carbonyl (C=O) groups is 1. The molecule has 2 aliphatic carbocycles. The second-order valence-electron chi connectivity index (χ2n) is 6.28. The third-order valence-electron chi connectivity index (χ3n) is 5.28. The number of hydrogen-bond acceptors (Lipinski definition) is 4. The summed E-state index contributed by atoms with van der Waals surface area (Å²) < 4.78 is 0. The lowest BCUT2D eigenvalue weighted by Gasteiger charge is -2.48. The molecule has 5 heteroatoms. The Morgan fingerprint density at radius 3 is 2.50 bits per heavy atom. The highest BCUT2D eigenvalue weighted by molar-refractivity contribution is 5.89. The molecule has 2 saturated carbocycles. The van der Waals surface area contributed by atoms with Crippen molar-refractivity contribution in [2.75, 3.05) is 0 Å². The van der Waals surface area contributed by atoms with Crippen LogP contribution in [0, 0.1) is 0 Å². The van der Waals surface area contributed by atoms with E-state index in [0.717, 1.165) is 44.9 Å². The van der Waals surface area contributed by atoms with Gasteiger partial charge in [0, 0.05) is 0 Å². The van der Waals surface area contributed by atoms with Gasteiger partial charge in [0.15, 0.2) is 5.60 Å². The van der Waals surface area contributed by atoms with Crippen LogP contribution in [0.4, 0.5) is 0 Å². The third-order valence-corrected chi connectivity index (χ3v) is 5.28. The molecule has 0 radical (unpaired) electrons. The molecular formula is C13H20N2O3. The Morgan fingerprint density at radius 2 is 1.72 bits per heavy atom. The summed E-state index contributed by atoms with van der Waals surface area (Å²) in [5.74, 6) is -0.210. The van der Waals surface area contributed by atoms with E-state index in [2.05, 4.69) is 5.32 Å². The quantitative estimate of drug-likeness (QED) is 0.632. The van der Waals surface area contributed by atoms with Crippen LogP contribution in [-0.4, -0.2) is 33.1 Å². The van der Waals surface area contributed by atoms with Gasteiger partial charge >= 0.3 is 0 Å². The molecule has 4 aliphatic rings. The summed E-state index contributed by atoms with van der Waals surface area (Å²) in [5, 5.41) is 15.7. The van der Waals surface area contributed by atoms with Crippen molar-refractivity contribution in [3.05, 3.63) is 0 Å². The van der Waals surface area contributed by atoms with Gasteiger partial charge in [-0.05, 0) is 51.4 Å². The normalized spacial score (nSPS) is 49.2. The number of hydroxylamine groups is 2. The van der Waals surface area contributed by atoms with Crippen molar-refractivity contribution in [1.82, 2.24) is 10.4 Å². The van der Waals surface area contributed by atoms with Gasteiger partial charge in [-0.3, -0.25) is 9.63 Å². The SMILES string of the molecule is O=C1NC2(CCCCC2)N2O[C@]23CCCC[C@@]13O. The molecule has 2 N–H and O–H groups in total. The molecule has 100 valence electrons. The number of nitrogens with one attached hydrogen (secondary N) is 1. The minimum Gasteiger partial charge on any atom is -0.376 e. The van der Waals surface area contributed by atoms with E-state index in [4.69, 9.17) is 4.84 Å². The molecular weight excluding hydrogens is 232 g/mol. The van der Waals surface area contributed by atoms with Crippen molar-refractivity contribution in [3.8, 4) is 0 Å². The summed E-state index contributed by atoms with van der Waals surface area (Å²) in [6.45, 7) is 0. The van der Waals surface area contributed by atoms with Crippen molar-refractivity contribution in [1.29, 1.82) is 0 Å². The molecule has 18 heavy (non-hydrogen) atoms. The molecule has 4 fully saturated rings. The summed E-state index contributed by atoms with van der Waals surface area (Å²) in [4.78, 5) is 18.2. The number of fused-ring (bicyclic) bond motifs is 1. The maximum absolute atomic E-state index is 12.4. The molecule has 0 aromatic rings. The molecule has 2 spiro atoms. The molecule has 1 amide bonds. The first-order valence-corrected chi connectivity index (χ1v) is 7.18. The highest BCUT2D eigenvalue weighted by Crippen LogP contribution is 2.60. The average Bonchev–Trinajstić information content (AvgIpc) is 3.11. The molecule has 2 aliphatic heterocycles. The van der Waals surface area contributed by atoms with E-state index in [-0.39, 0.29) is 11.6 Å². The van der Waals surface area contributed by atoms with Crippen LogP contribution in [0.1, 0.15) is 57.8 Å². The van der Waals surface area contributed by atoms with E-state index in [0.29, 0.717) is 6.42 Å². The molecule has 1 unspecified atom stereocenters. The Labute approximate surface area is 106 Å². The van der Waals surface area contributed by atoms with Gasteiger partial charge in [-0.1, -0.05) is 6.42 Å². The van der Waals surface area contributed by atoms with E-state index in [9.17, 15) is 9.90 Å². The fraction of sp³-hybridized carbons (Fsp3) is 0.923. The van der Waals surface area contributed by atoms with Crippen molar-refractivity contribution in [3.63, 3.8) is 0 Å². The minimum atomic E-state index is -1.33. The Bertz CT molecular complexity index is 407. The van der Waals surface area contributed by atoms with Crippen molar-refractivity contribution >= 4 is 5.91 Å². The Morgan fingerprint density at radius 1 is 1.06 bits per heavy atom. The summed E-state index contributed by atoms with van der Waals surface area (Å²) in [6.07, 6.45) is 8.57. The predicted octanol–water partition coefficient (Wildman–Crippen LogP) is 1.03. The van der Waals surface area contributed by atoms with Crippen LogP contribution >= 0.6 is 0 Å². The van der Waals surface area contributed by atoms with Gasteiger partial charge in [-0.2, -0.15) is 0 Å². The lowest BCUT2D eigenvalue weighted by atomic mass is 9.73. The highest BCUT2D eigenvalue weighted by atomic mass is 16.9. The van der Waals surface area contributed by atoms with Gasteiger partial charge in [0.25, 0.3) is 5.91 Å². The lowest BCUT2D eigenvalue weighted by molar-refractivity contribution is -0.166. The number of hydrogen-bond donors (Lipinski definition) is 2. The zero-order valence-corrected chi connectivity index (χ0v) is 10.6. The lowest BCUT2D eigenvalue weighted by Crippen LogP contribution is -2.73. The highest BCUT2D eigenvalue weighted by Gasteiger charge is 2.80. The van der Waals surface area contributed by atoms with Crippen molar-refractivity contribution in [2.45, 2.75) is 74.8 Å². The van der Waals surface area contributed by atoms with Gasteiger partial charge in [-0.15, -0.1) is 5.06 Å². The van der Waals surface area contributed by atoms with Crippen LogP contribution in [0.25, 0.3) is 0 Å². The van der Waals surface area contributed by atoms with Gasteiger partial charge in [0.05, 0.1) is 0 Å². The summed E-state index contributed by atoms with van der Waals surface area (Å²) in [7, 11) is 0. The van der Waals surface area contributed by atoms with Crippen LogP contribution in [0.5, 0.6) is 0 Å². The first kappa shape index (κ1) is 11.2. The van der Waals surface area contributed by atoms with Crippen LogP contribution in [0.2, 0.25) is 0 Å². The Hall–Kier alpha value is -0.650.